The Labute approximate surface area is 134 Å². The molecule has 0 aliphatic carbocycles. The van der Waals surface area contributed by atoms with Crippen molar-refractivity contribution in [2.24, 2.45) is 0 Å². The van der Waals surface area contributed by atoms with Gasteiger partial charge in [0.1, 0.15) is 17.8 Å². The molecule has 2 aliphatic heterocycles. The normalized spacial score (nSPS) is 17.2. The van der Waals surface area contributed by atoms with Crippen LogP contribution in [0.1, 0.15) is 16.1 Å². The number of hydrogen-bond donors (Lipinski definition) is 0. The molecule has 0 saturated carbocycles. The van der Waals surface area contributed by atoms with Gasteiger partial charge in [0.2, 0.25) is 0 Å². The molecule has 1 amide bonds. The second-order valence-corrected chi connectivity index (χ2v) is 5.70. The monoisotopic (exact) mass is 310 g/mol. The second-order valence-electron chi connectivity index (χ2n) is 5.70. The predicted molar refractivity (Wildman–Crippen MR) is 86.9 cm³/mol. The van der Waals surface area contributed by atoms with E-state index < -0.39 is 0 Å². The Morgan fingerprint density at radius 3 is 2.78 bits per heavy atom. The average Bonchev–Trinajstić information content (AvgIpc) is 3.06. The van der Waals surface area contributed by atoms with Crippen molar-refractivity contribution < 1.29 is 9.53 Å². The van der Waals surface area contributed by atoms with Crippen molar-refractivity contribution in [3.8, 4) is 0 Å². The van der Waals surface area contributed by atoms with Crippen LogP contribution >= 0.6 is 0 Å². The van der Waals surface area contributed by atoms with Crippen LogP contribution < -0.4 is 9.80 Å². The van der Waals surface area contributed by atoms with E-state index in [2.05, 4.69) is 20.9 Å². The van der Waals surface area contributed by atoms with Gasteiger partial charge in [-0.2, -0.15) is 0 Å². The lowest BCUT2D eigenvalue weighted by atomic mass is 10.2. The fraction of sp³-hybridized carbons (Fsp3) is 0.353. The van der Waals surface area contributed by atoms with Crippen molar-refractivity contribution in [2.45, 2.75) is 6.42 Å². The predicted octanol–water partition coefficient (Wildman–Crippen LogP) is 1.52. The first-order valence-electron chi connectivity index (χ1n) is 7.87. The summed E-state index contributed by atoms with van der Waals surface area (Å²) < 4.78 is 5.36. The summed E-state index contributed by atoms with van der Waals surface area (Å²) >= 11 is 0. The number of rotatable bonds is 2. The average molecular weight is 310 g/mol. The highest BCUT2D eigenvalue weighted by Crippen LogP contribution is 2.28. The van der Waals surface area contributed by atoms with Crippen LogP contribution in [0.4, 0.5) is 11.5 Å². The summed E-state index contributed by atoms with van der Waals surface area (Å²) in [4.78, 5) is 25.3. The number of carbonyl (C=O) groups is 1. The fourth-order valence-electron chi connectivity index (χ4n) is 3.12. The van der Waals surface area contributed by atoms with E-state index in [9.17, 15) is 4.79 Å². The lowest BCUT2D eigenvalue weighted by Crippen LogP contribution is -2.37. The van der Waals surface area contributed by atoms with Crippen LogP contribution in [-0.2, 0) is 11.2 Å². The Bertz CT molecular complexity index is 728. The summed E-state index contributed by atoms with van der Waals surface area (Å²) in [6, 6.07) is 9.82. The number of para-hydroxylation sites is 1. The van der Waals surface area contributed by atoms with Crippen molar-refractivity contribution in [2.75, 3.05) is 42.6 Å². The summed E-state index contributed by atoms with van der Waals surface area (Å²) in [5, 5.41) is 0. The van der Waals surface area contributed by atoms with Gasteiger partial charge in [-0.25, -0.2) is 9.97 Å². The molecule has 1 aromatic heterocycles. The van der Waals surface area contributed by atoms with Crippen LogP contribution in [0.15, 0.2) is 36.7 Å². The topological polar surface area (TPSA) is 58.6 Å². The number of hydrogen-bond acceptors (Lipinski definition) is 5. The zero-order valence-corrected chi connectivity index (χ0v) is 12.8. The molecule has 2 aromatic rings. The van der Waals surface area contributed by atoms with Crippen LogP contribution in [-0.4, -0.2) is 48.7 Å². The summed E-state index contributed by atoms with van der Waals surface area (Å²) in [5.74, 6) is 0.728. The minimum Gasteiger partial charge on any atom is -0.378 e. The molecule has 118 valence electrons. The third-order valence-corrected chi connectivity index (χ3v) is 4.34. The summed E-state index contributed by atoms with van der Waals surface area (Å²) in [7, 11) is 0. The maximum Gasteiger partial charge on any atom is 0.277 e. The van der Waals surface area contributed by atoms with Crippen molar-refractivity contribution in [3.63, 3.8) is 0 Å². The Hall–Kier alpha value is -2.47. The molecule has 6 nitrogen and oxygen atoms in total. The van der Waals surface area contributed by atoms with Gasteiger partial charge in [-0.15, -0.1) is 0 Å². The zero-order valence-electron chi connectivity index (χ0n) is 12.8. The van der Waals surface area contributed by atoms with Crippen molar-refractivity contribution in [1.82, 2.24) is 9.97 Å². The Morgan fingerprint density at radius 1 is 1.09 bits per heavy atom. The van der Waals surface area contributed by atoms with Gasteiger partial charge in [-0.3, -0.25) is 4.79 Å². The molecule has 1 fully saturated rings. The first kappa shape index (κ1) is 14.1. The number of fused-ring (bicyclic) bond motifs is 1. The van der Waals surface area contributed by atoms with Gasteiger partial charge in [0.15, 0.2) is 0 Å². The molecule has 0 radical (unpaired) electrons. The molecule has 0 bridgehead atoms. The van der Waals surface area contributed by atoms with E-state index in [1.807, 2.05) is 18.2 Å². The first-order chi connectivity index (χ1) is 11.3. The molecule has 2 aliphatic rings. The number of nitrogens with zero attached hydrogens (tertiary/aromatic N) is 4. The smallest absolute Gasteiger partial charge is 0.277 e. The highest BCUT2D eigenvalue weighted by atomic mass is 16.5. The molecule has 6 heteroatoms. The SMILES string of the molecule is O=C(c1cc(N2CCOCC2)ncn1)N1CCc2ccccc21. The highest BCUT2D eigenvalue weighted by Gasteiger charge is 2.26. The van der Waals surface area contributed by atoms with E-state index in [-0.39, 0.29) is 5.91 Å². The second kappa shape index (κ2) is 5.96. The third kappa shape index (κ3) is 2.66. The van der Waals surface area contributed by atoms with Crippen LogP contribution in [0.3, 0.4) is 0 Å². The molecule has 0 atom stereocenters. The quantitative estimate of drug-likeness (QED) is 0.841. The van der Waals surface area contributed by atoms with E-state index in [4.69, 9.17) is 4.74 Å². The standard InChI is InChI=1S/C17H18N4O2/c22-17(21-6-5-13-3-1-2-4-15(13)21)14-11-16(19-12-18-14)20-7-9-23-10-8-20/h1-4,11-12H,5-10H2. The van der Waals surface area contributed by atoms with Gasteiger partial charge in [-0.1, -0.05) is 18.2 Å². The molecule has 0 N–H and O–H groups in total. The van der Waals surface area contributed by atoms with E-state index in [1.165, 1.54) is 11.9 Å². The molecule has 1 saturated heterocycles. The highest BCUT2D eigenvalue weighted by molar-refractivity contribution is 6.06. The fourth-order valence-corrected chi connectivity index (χ4v) is 3.12. The molecule has 0 spiro atoms. The molecular weight excluding hydrogens is 292 g/mol. The minimum atomic E-state index is -0.0631. The number of benzene rings is 1. The molecular formula is C17H18N4O2. The number of carbonyl (C=O) groups excluding carboxylic acids is 1. The minimum absolute atomic E-state index is 0.0631. The van der Waals surface area contributed by atoms with Gasteiger partial charge in [0, 0.05) is 31.4 Å². The number of morpholine rings is 1. The van der Waals surface area contributed by atoms with Crippen molar-refractivity contribution in [3.05, 3.63) is 47.9 Å². The summed E-state index contributed by atoms with van der Waals surface area (Å²) in [6.45, 7) is 3.66. The van der Waals surface area contributed by atoms with Crippen LogP contribution in [0.2, 0.25) is 0 Å². The van der Waals surface area contributed by atoms with Gasteiger partial charge >= 0.3 is 0 Å². The molecule has 23 heavy (non-hydrogen) atoms. The molecule has 3 heterocycles. The van der Waals surface area contributed by atoms with Crippen LogP contribution in [0.5, 0.6) is 0 Å². The van der Waals surface area contributed by atoms with E-state index >= 15 is 0 Å². The van der Waals surface area contributed by atoms with Gasteiger partial charge in [0.05, 0.1) is 13.2 Å². The van der Waals surface area contributed by atoms with Crippen LogP contribution in [0.25, 0.3) is 0 Å². The Kier molecular flexibility index (Phi) is 3.67. The number of ether oxygens (including phenoxy) is 1. The summed E-state index contributed by atoms with van der Waals surface area (Å²) in [5.41, 5.74) is 2.64. The van der Waals surface area contributed by atoms with E-state index in [0.717, 1.165) is 31.0 Å². The Morgan fingerprint density at radius 2 is 1.91 bits per heavy atom. The molecule has 1 aromatic carbocycles. The zero-order chi connectivity index (χ0) is 15.6. The maximum absolute atomic E-state index is 12.8. The van der Waals surface area contributed by atoms with E-state index in [1.54, 1.807) is 11.0 Å². The van der Waals surface area contributed by atoms with Crippen molar-refractivity contribution in [1.29, 1.82) is 0 Å². The lowest BCUT2D eigenvalue weighted by molar-refractivity contribution is 0.0984. The largest absolute Gasteiger partial charge is 0.378 e. The van der Waals surface area contributed by atoms with Crippen LogP contribution in [0, 0.1) is 0 Å². The van der Waals surface area contributed by atoms with E-state index in [0.29, 0.717) is 25.5 Å². The third-order valence-electron chi connectivity index (χ3n) is 4.34. The first-order valence-corrected chi connectivity index (χ1v) is 7.87. The van der Waals surface area contributed by atoms with Gasteiger partial charge < -0.3 is 14.5 Å². The number of amides is 1. The maximum atomic E-state index is 12.8. The summed E-state index contributed by atoms with van der Waals surface area (Å²) in [6.07, 6.45) is 2.36. The molecule has 0 unspecified atom stereocenters. The number of anilines is 2. The molecule has 4 rings (SSSR count). The lowest BCUT2D eigenvalue weighted by Gasteiger charge is -2.28. The van der Waals surface area contributed by atoms with Gasteiger partial charge in [0.25, 0.3) is 5.91 Å². The number of aromatic nitrogens is 2. The van der Waals surface area contributed by atoms with Gasteiger partial charge in [-0.05, 0) is 18.1 Å². The Balaban J connectivity index is 1.60. The van der Waals surface area contributed by atoms with Crippen molar-refractivity contribution >= 4 is 17.4 Å².